The van der Waals surface area contributed by atoms with Crippen molar-refractivity contribution in [2.24, 2.45) is 0 Å². The van der Waals surface area contributed by atoms with Crippen molar-refractivity contribution in [2.45, 2.75) is 64.5 Å². The zero-order valence-electron chi connectivity index (χ0n) is 14.5. The highest BCUT2D eigenvalue weighted by Gasteiger charge is 2.26. The minimum absolute atomic E-state index is 0.147. The number of rotatable bonds is 6. The SMILES string of the molecule is CC(C)(C)c1nc(CN2CCCC[C@@H]2CCNS(C)(=O)=O)no1. The van der Waals surface area contributed by atoms with E-state index in [9.17, 15) is 8.42 Å². The van der Waals surface area contributed by atoms with Crippen molar-refractivity contribution < 1.29 is 12.9 Å². The van der Waals surface area contributed by atoms with Gasteiger partial charge in [0.05, 0.1) is 12.8 Å². The fourth-order valence-corrected chi connectivity index (χ4v) is 3.30. The Hall–Kier alpha value is -0.990. The van der Waals surface area contributed by atoms with E-state index < -0.39 is 10.0 Å². The van der Waals surface area contributed by atoms with E-state index in [1.54, 1.807) is 0 Å². The van der Waals surface area contributed by atoms with Crippen LogP contribution in [0.3, 0.4) is 0 Å². The number of nitrogens with zero attached hydrogens (tertiary/aromatic N) is 3. The van der Waals surface area contributed by atoms with Crippen LogP contribution in [0.2, 0.25) is 0 Å². The molecular formula is C15H28N4O3S. The van der Waals surface area contributed by atoms with Gasteiger partial charge in [0.1, 0.15) is 0 Å². The lowest BCUT2D eigenvalue weighted by Crippen LogP contribution is -2.41. The summed E-state index contributed by atoms with van der Waals surface area (Å²) in [6.07, 6.45) is 5.41. The summed E-state index contributed by atoms with van der Waals surface area (Å²) in [5, 5.41) is 4.09. The van der Waals surface area contributed by atoms with Crippen molar-refractivity contribution >= 4 is 10.0 Å². The second-order valence-electron chi connectivity index (χ2n) is 7.34. The number of hydrogen-bond donors (Lipinski definition) is 1. The minimum Gasteiger partial charge on any atom is -0.339 e. The average Bonchev–Trinajstić information content (AvgIpc) is 2.88. The molecule has 0 saturated carbocycles. The van der Waals surface area contributed by atoms with Crippen LogP contribution in [0.1, 0.15) is 58.2 Å². The van der Waals surface area contributed by atoms with Gasteiger partial charge in [-0.3, -0.25) is 4.90 Å². The molecule has 8 heteroatoms. The first kappa shape index (κ1) is 18.4. The van der Waals surface area contributed by atoms with Crippen molar-refractivity contribution in [2.75, 3.05) is 19.3 Å². The van der Waals surface area contributed by atoms with Crippen LogP contribution in [0.5, 0.6) is 0 Å². The number of nitrogens with one attached hydrogen (secondary N) is 1. The molecule has 23 heavy (non-hydrogen) atoms. The van der Waals surface area contributed by atoms with Crippen LogP contribution in [0.4, 0.5) is 0 Å². The Balaban J connectivity index is 1.94. The second kappa shape index (κ2) is 7.27. The smallest absolute Gasteiger partial charge is 0.232 e. The average molecular weight is 344 g/mol. The van der Waals surface area contributed by atoms with Crippen LogP contribution in [0, 0.1) is 0 Å². The first-order valence-electron chi connectivity index (χ1n) is 8.17. The van der Waals surface area contributed by atoms with Gasteiger partial charge >= 0.3 is 0 Å². The summed E-state index contributed by atoms with van der Waals surface area (Å²) in [5.74, 6) is 1.36. The molecule has 132 valence electrons. The van der Waals surface area contributed by atoms with Crippen molar-refractivity contribution in [3.05, 3.63) is 11.7 Å². The van der Waals surface area contributed by atoms with Gasteiger partial charge in [0.2, 0.25) is 15.9 Å². The lowest BCUT2D eigenvalue weighted by Gasteiger charge is -2.34. The Morgan fingerprint density at radius 1 is 1.35 bits per heavy atom. The first-order chi connectivity index (χ1) is 10.6. The summed E-state index contributed by atoms with van der Waals surface area (Å²) in [6.45, 7) is 8.26. The highest BCUT2D eigenvalue weighted by molar-refractivity contribution is 7.88. The van der Waals surface area contributed by atoms with Crippen LogP contribution in [0.25, 0.3) is 0 Å². The molecule has 0 aliphatic carbocycles. The fourth-order valence-electron chi connectivity index (χ4n) is 2.81. The van der Waals surface area contributed by atoms with Gasteiger partial charge in [0, 0.05) is 18.0 Å². The molecule has 1 saturated heterocycles. The second-order valence-corrected chi connectivity index (χ2v) is 9.17. The molecule has 1 aliphatic heterocycles. The van der Waals surface area contributed by atoms with Gasteiger partial charge in [-0.1, -0.05) is 32.3 Å². The molecule has 0 spiro atoms. The number of aromatic nitrogens is 2. The van der Waals surface area contributed by atoms with Gasteiger partial charge in [-0.2, -0.15) is 4.98 Å². The molecule has 0 amide bonds. The maximum Gasteiger partial charge on any atom is 0.232 e. The minimum atomic E-state index is -3.12. The summed E-state index contributed by atoms with van der Waals surface area (Å²) in [6, 6.07) is 0.356. The Kier molecular flexibility index (Phi) is 5.80. The van der Waals surface area contributed by atoms with Crippen LogP contribution in [-0.2, 0) is 22.0 Å². The van der Waals surface area contributed by atoms with Crippen molar-refractivity contribution in [1.29, 1.82) is 0 Å². The van der Waals surface area contributed by atoms with Crippen molar-refractivity contribution in [1.82, 2.24) is 19.8 Å². The molecule has 2 heterocycles. The van der Waals surface area contributed by atoms with Crippen molar-refractivity contribution in [3.8, 4) is 0 Å². The maximum atomic E-state index is 11.2. The summed E-state index contributed by atoms with van der Waals surface area (Å²) in [7, 11) is -3.12. The van der Waals surface area contributed by atoms with E-state index in [2.05, 4.69) is 19.8 Å². The third-order valence-corrected chi connectivity index (χ3v) is 4.77. The quantitative estimate of drug-likeness (QED) is 0.844. The van der Waals surface area contributed by atoms with Gasteiger partial charge in [0.15, 0.2) is 5.82 Å². The number of sulfonamides is 1. The molecule has 1 atom stereocenters. The predicted octanol–water partition coefficient (Wildman–Crippen LogP) is 1.66. The predicted molar refractivity (Wildman–Crippen MR) is 88.5 cm³/mol. The highest BCUT2D eigenvalue weighted by Crippen LogP contribution is 2.23. The summed E-state index contributed by atoms with van der Waals surface area (Å²) < 4.78 is 30.3. The molecule has 2 rings (SSSR count). The van der Waals surface area contributed by atoms with Gasteiger partial charge in [-0.25, -0.2) is 13.1 Å². The van der Waals surface area contributed by atoms with Gasteiger partial charge in [0.25, 0.3) is 0 Å². The molecule has 7 nitrogen and oxygen atoms in total. The van der Waals surface area contributed by atoms with E-state index in [-0.39, 0.29) is 5.41 Å². The van der Waals surface area contributed by atoms with Crippen LogP contribution in [-0.4, -0.2) is 48.8 Å². The largest absolute Gasteiger partial charge is 0.339 e. The summed E-state index contributed by atoms with van der Waals surface area (Å²) in [5.41, 5.74) is -0.147. The molecule has 1 N–H and O–H groups in total. The highest BCUT2D eigenvalue weighted by atomic mass is 32.2. The monoisotopic (exact) mass is 344 g/mol. The lowest BCUT2D eigenvalue weighted by molar-refractivity contribution is 0.128. The van der Waals surface area contributed by atoms with E-state index >= 15 is 0 Å². The Bertz CT molecular complexity index is 606. The molecule has 0 unspecified atom stereocenters. The van der Waals surface area contributed by atoms with E-state index in [0.717, 1.165) is 25.8 Å². The molecule has 1 aromatic heterocycles. The van der Waals surface area contributed by atoms with Gasteiger partial charge in [-0.05, 0) is 25.8 Å². The Morgan fingerprint density at radius 2 is 2.09 bits per heavy atom. The number of hydrogen-bond acceptors (Lipinski definition) is 6. The Morgan fingerprint density at radius 3 is 2.70 bits per heavy atom. The van der Waals surface area contributed by atoms with E-state index in [0.29, 0.717) is 30.8 Å². The zero-order valence-corrected chi connectivity index (χ0v) is 15.3. The van der Waals surface area contributed by atoms with E-state index in [4.69, 9.17) is 4.52 Å². The molecule has 0 bridgehead atoms. The molecule has 0 aromatic carbocycles. The molecule has 1 fully saturated rings. The third-order valence-electron chi connectivity index (χ3n) is 4.05. The number of likely N-dealkylation sites (tertiary alicyclic amines) is 1. The zero-order chi connectivity index (χ0) is 17.1. The molecular weight excluding hydrogens is 316 g/mol. The molecule has 1 aliphatic rings. The molecule has 1 aromatic rings. The van der Waals surface area contributed by atoms with Gasteiger partial charge < -0.3 is 4.52 Å². The third kappa shape index (κ3) is 5.86. The van der Waals surface area contributed by atoms with Crippen LogP contribution in [0.15, 0.2) is 4.52 Å². The standard InChI is InChI=1S/C15H28N4O3S/c1-15(2,3)14-17-13(18-22-14)11-19-10-6-5-7-12(19)8-9-16-23(4,20)21/h12,16H,5-11H2,1-4H3/t12-/m1/s1. The fraction of sp³-hybridized carbons (Fsp3) is 0.867. The topological polar surface area (TPSA) is 88.3 Å². The van der Waals surface area contributed by atoms with E-state index in [1.807, 2.05) is 20.8 Å². The normalized spacial score (nSPS) is 20.8. The lowest BCUT2D eigenvalue weighted by atomic mass is 9.97. The summed E-state index contributed by atoms with van der Waals surface area (Å²) >= 11 is 0. The van der Waals surface area contributed by atoms with Crippen molar-refractivity contribution in [3.63, 3.8) is 0 Å². The summed E-state index contributed by atoms with van der Waals surface area (Å²) in [4.78, 5) is 6.84. The first-order valence-corrected chi connectivity index (χ1v) is 10.1. The number of piperidine rings is 1. The van der Waals surface area contributed by atoms with E-state index in [1.165, 1.54) is 12.7 Å². The van der Waals surface area contributed by atoms with Crippen LogP contribution >= 0.6 is 0 Å². The Labute approximate surface area is 138 Å². The molecule has 0 radical (unpaired) electrons. The maximum absolute atomic E-state index is 11.2. The van der Waals surface area contributed by atoms with Gasteiger partial charge in [-0.15, -0.1) is 0 Å². The van der Waals surface area contributed by atoms with Crippen LogP contribution < -0.4 is 4.72 Å².